The first-order valence-corrected chi connectivity index (χ1v) is 11.2. The maximum atomic E-state index is 12.8. The highest BCUT2D eigenvalue weighted by molar-refractivity contribution is 6.03. The summed E-state index contributed by atoms with van der Waals surface area (Å²) in [5.74, 6) is 0.206. The first-order chi connectivity index (χ1) is 16.4. The Morgan fingerprint density at radius 2 is 1.88 bits per heavy atom. The molecule has 34 heavy (non-hydrogen) atoms. The lowest BCUT2D eigenvalue weighted by Gasteiger charge is -2.39. The van der Waals surface area contributed by atoms with E-state index in [-0.39, 0.29) is 18.4 Å². The van der Waals surface area contributed by atoms with Gasteiger partial charge in [-0.25, -0.2) is 9.79 Å². The summed E-state index contributed by atoms with van der Waals surface area (Å²) in [6, 6.07) is 10.2. The Morgan fingerprint density at radius 1 is 1.09 bits per heavy atom. The smallest absolute Gasteiger partial charge is 0.328 e. The number of likely N-dealkylation sites (N-methyl/N-ethyl adjacent to an activating group) is 2. The van der Waals surface area contributed by atoms with Crippen LogP contribution in [0.25, 0.3) is 11.3 Å². The topological polar surface area (TPSA) is 114 Å². The number of aromatic nitrogens is 2. The second-order valence-corrected chi connectivity index (χ2v) is 8.69. The summed E-state index contributed by atoms with van der Waals surface area (Å²) in [5, 5.41) is 11.6. The van der Waals surface area contributed by atoms with E-state index in [0.717, 1.165) is 35.1 Å². The third-order valence-electron chi connectivity index (χ3n) is 6.43. The van der Waals surface area contributed by atoms with Gasteiger partial charge in [0.1, 0.15) is 0 Å². The van der Waals surface area contributed by atoms with Crippen molar-refractivity contribution in [2.24, 2.45) is 4.99 Å². The van der Waals surface area contributed by atoms with Crippen LogP contribution >= 0.6 is 0 Å². The number of fused-ring (bicyclic) bond motifs is 1. The van der Waals surface area contributed by atoms with Crippen molar-refractivity contribution in [1.82, 2.24) is 24.9 Å². The number of hydrogen-bond donors (Lipinski definition) is 1. The molecule has 2 unspecified atom stereocenters. The Labute approximate surface area is 197 Å². The van der Waals surface area contributed by atoms with Gasteiger partial charge in [0.25, 0.3) is 5.91 Å². The molecule has 2 fully saturated rings. The van der Waals surface area contributed by atoms with Crippen molar-refractivity contribution in [3.63, 3.8) is 0 Å². The van der Waals surface area contributed by atoms with E-state index in [0.29, 0.717) is 5.69 Å². The zero-order valence-corrected chi connectivity index (χ0v) is 19.1. The average molecular weight is 463 g/mol. The van der Waals surface area contributed by atoms with Crippen LogP contribution < -0.4 is 10.2 Å². The molecule has 0 spiro atoms. The van der Waals surface area contributed by atoms with E-state index in [4.69, 9.17) is 0 Å². The highest BCUT2D eigenvalue weighted by atomic mass is 16.2. The minimum Gasteiger partial charge on any atom is -0.355 e. The molecule has 5 rings (SSSR count). The van der Waals surface area contributed by atoms with Crippen LogP contribution in [-0.4, -0.2) is 95.0 Å². The quantitative estimate of drug-likeness (QED) is 0.711. The summed E-state index contributed by atoms with van der Waals surface area (Å²) in [6.45, 7) is 1.95. The zero-order valence-electron chi connectivity index (χ0n) is 19.1. The molecule has 11 heteroatoms. The maximum absolute atomic E-state index is 12.8. The summed E-state index contributed by atoms with van der Waals surface area (Å²) in [5.41, 5.74) is 2.17. The molecule has 0 radical (unpaired) electrons. The van der Waals surface area contributed by atoms with Crippen LogP contribution in [0.4, 0.5) is 16.3 Å². The van der Waals surface area contributed by atoms with Crippen molar-refractivity contribution >= 4 is 35.7 Å². The third-order valence-corrected chi connectivity index (χ3v) is 6.43. The minimum absolute atomic E-state index is 0.0686. The van der Waals surface area contributed by atoms with Gasteiger partial charge in [-0.1, -0.05) is 12.1 Å². The Bertz CT molecular complexity index is 1150. The number of hydrogen-bond acceptors (Lipinski definition) is 8. The first-order valence-electron chi connectivity index (χ1n) is 11.2. The summed E-state index contributed by atoms with van der Waals surface area (Å²) < 4.78 is 0. The SMILES string of the molecule is CN1C(=O)C2C(N=CN2CC(=O)Nc2cccc(-c3ccc(N4CCCC4)nn3)c2)N(C)C1=O. The molecule has 11 nitrogen and oxygen atoms in total. The monoisotopic (exact) mass is 462 g/mol. The van der Waals surface area contributed by atoms with Crippen LogP contribution in [0.15, 0.2) is 41.4 Å². The molecule has 2 saturated heterocycles. The van der Waals surface area contributed by atoms with Crippen LogP contribution in [0.2, 0.25) is 0 Å². The lowest BCUT2D eigenvalue weighted by molar-refractivity contribution is -0.136. The van der Waals surface area contributed by atoms with Crippen LogP contribution in [0.1, 0.15) is 12.8 Å². The number of imide groups is 1. The van der Waals surface area contributed by atoms with Gasteiger partial charge in [0.2, 0.25) is 5.91 Å². The molecule has 1 aromatic heterocycles. The van der Waals surface area contributed by atoms with Crippen molar-refractivity contribution < 1.29 is 14.4 Å². The predicted octanol–water partition coefficient (Wildman–Crippen LogP) is 1.24. The largest absolute Gasteiger partial charge is 0.355 e. The Kier molecular flexibility index (Phi) is 5.60. The van der Waals surface area contributed by atoms with Gasteiger partial charge in [-0.05, 0) is 37.1 Å². The number of urea groups is 1. The van der Waals surface area contributed by atoms with Crippen LogP contribution in [0, 0.1) is 0 Å². The standard InChI is InChI=1S/C23H26N8O3/c1-28-21-20(22(33)29(2)23(28)34)31(14-24-21)13-19(32)25-16-7-5-6-15(12-16)17-8-9-18(27-26-17)30-10-3-4-11-30/h5-9,12,14,20-21H,3-4,10-11,13H2,1-2H3,(H,25,32). The number of nitrogens with zero attached hydrogens (tertiary/aromatic N) is 7. The fraction of sp³-hybridized carbons (Fsp3) is 0.391. The fourth-order valence-corrected chi connectivity index (χ4v) is 4.56. The van der Waals surface area contributed by atoms with Gasteiger partial charge < -0.3 is 20.0 Å². The van der Waals surface area contributed by atoms with E-state index in [2.05, 4.69) is 25.4 Å². The summed E-state index contributed by atoms with van der Waals surface area (Å²) >= 11 is 0. The highest BCUT2D eigenvalue weighted by Crippen LogP contribution is 2.25. The van der Waals surface area contributed by atoms with E-state index in [1.54, 1.807) is 18.0 Å². The summed E-state index contributed by atoms with van der Waals surface area (Å²) in [4.78, 5) is 48.0. The van der Waals surface area contributed by atoms with E-state index >= 15 is 0 Å². The fourth-order valence-electron chi connectivity index (χ4n) is 4.56. The third kappa shape index (κ3) is 3.93. The molecule has 2 atom stereocenters. The van der Waals surface area contributed by atoms with E-state index in [1.165, 1.54) is 31.1 Å². The summed E-state index contributed by atoms with van der Waals surface area (Å²) in [7, 11) is 3.02. The number of anilines is 2. The number of rotatable bonds is 5. The van der Waals surface area contributed by atoms with Gasteiger partial charge in [-0.3, -0.25) is 14.5 Å². The van der Waals surface area contributed by atoms with Crippen LogP contribution in [0.5, 0.6) is 0 Å². The van der Waals surface area contributed by atoms with Crippen molar-refractivity contribution in [2.75, 3.05) is 43.9 Å². The molecule has 3 aliphatic rings. The number of aliphatic imine (C=N–C) groups is 1. The van der Waals surface area contributed by atoms with Gasteiger partial charge in [0.15, 0.2) is 18.0 Å². The normalized spacial score (nSPS) is 21.9. The molecule has 0 aliphatic carbocycles. The number of carbonyl (C=O) groups excluding carboxylic acids is 3. The first kappa shape index (κ1) is 21.8. The Morgan fingerprint density at radius 3 is 2.62 bits per heavy atom. The lowest BCUT2D eigenvalue weighted by atomic mass is 10.1. The second-order valence-electron chi connectivity index (χ2n) is 8.69. The van der Waals surface area contributed by atoms with E-state index < -0.39 is 18.2 Å². The average Bonchev–Trinajstić information content (AvgIpc) is 3.52. The lowest BCUT2D eigenvalue weighted by Crippen LogP contribution is -2.64. The van der Waals surface area contributed by atoms with Gasteiger partial charge in [0.05, 0.1) is 18.6 Å². The van der Waals surface area contributed by atoms with Crippen LogP contribution in [-0.2, 0) is 9.59 Å². The number of carbonyl (C=O) groups is 3. The van der Waals surface area contributed by atoms with E-state index in [1.807, 2.05) is 30.3 Å². The van der Waals surface area contributed by atoms with Crippen LogP contribution in [0.3, 0.4) is 0 Å². The maximum Gasteiger partial charge on any atom is 0.328 e. The van der Waals surface area contributed by atoms with Gasteiger partial charge in [-0.15, -0.1) is 10.2 Å². The molecule has 3 aliphatic heterocycles. The number of amides is 4. The minimum atomic E-state index is -0.714. The van der Waals surface area contributed by atoms with Crippen molar-refractivity contribution in [1.29, 1.82) is 0 Å². The zero-order chi connectivity index (χ0) is 23.8. The molecular formula is C23H26N8O3. The summed E-state index contributed by atoms with van der Waals surface area (Å²) in [6.07, 6.45) is 3.18. The number of benzene rings is 1. The molecule has 1 N–H and O–H groups in total. The molecule has 4 amide bonds. The Hall–Kier alpha value is -4.02. The van der Waals surface area contributed by atoms with Crippen molar-refractivity contribution in [3.8, 4) is 11.3 Å². The van der Waals surface area contributed by atoms with Crippen molar-refractivity contribution in [2.45, 2.75) is 25.0 Å². The van der Waals surface area contributed by atoms with Gasteiger partial charge in [-0.2, -0.15) is 0 Å². The second kappa shape index (κ2) is 8.73. The molecule has 176 valence electrons. The van der Waals surface area contributed by atoms with Crippen molar-refractivity contribution in [3.05, 3.63) is 36.4 Å². The molecule has 4 heterocycles. The molecule has 2 aromatic rings. The number of nitrogens with one attached hydrogen (secondary N) is 1. The molecule has 0 bridgehead atoms. The highest BCUT2D eigenvalue weighted by Gasteiger charge is 2.48. The van der Waals surface area contributed by atoms with Gasteiger partial charge >= 0.3 is 6.03 Å². The van der Waals surface area contributed by atoms with Gasteiger partial charge in [0, 0.05) is 38.4 Å². The molecule has 1 aromatic carbocycles. The molecular weight excluding hydrogens is 436 g/mol. The molecule has 0 saturated carbocycles. The predicted molar refractivity (Wildman–Crippen MR) is 126 cm³/mol. The van der Waals surface area contributed by atoms with E-state index in [9.17, 15) is 14.4 Å². The Balaban J connectivity index is 1.24.